The Morgan fingerprint density at radius 3 is 1.40 bits per heavy atom. The molecule has 0 aromatic heterocycles. The summed E-state index contributed by atoms with van der Waals surface area (Å²) < 4.78 is 0. The van der Waals surface area contributed by atoms with Crippen LogP contribution in [0.3, 0.4) is 0 Å². The van der Waals surface area contributed by atoms with Gasteiger partial charge in [-0.25, -0.2) is 0 Å². The first-order chi connectivity index (χ1) is 11.7. The monoisotopic (exact) mass is 361 g/mol. The smallest absolute Gasteiger partial charge is 0.317 e. The maximum Gasteiger partial charge on any atom is 0.317 e. The van der Waals surface area contributed by atoms with Gasteiger partial charge in [0.25, 0.3) is 0 Å². The molecule has 0 atom stereocenters. The lowest BCUT2D eigenvalue weighted by molar-refractivity contribution is -0.142. The van der Waals surface area contributed by atoms with E-state index in [0.717, 1.165) is 32.2 Å². The van der Waals surface area contributed by atoms with E-state index in [0.29, 0.717) is 19.6 Å². The van der Waals surface area contributed by atoms with Gasteiger partial charge in [-0.05, 0) is 40.0 Å². The Bertz CT molecular complexity index is 401. The Hall–Kier alpha value is -1.71. The van der Waals surface area contributed by atoms with E-state index >= 15 is 0 Å². The van der Waals surface area contributed by atoms with Crippen LogP contribution in [0.4, 0.5) is 0 Å². The molecule has 3 N–H and O–H groups in total. The van der Waals surface area contributed by atoms with Gasteiger partial charge in [0.05, 0.1) is 19.6 Å². The largest absolute Gasteiger partial charge is 0.480 e. The molecule has 0 fully saturated rings. The molecule has 0 spiro atoms. The Labute approximate surface area is 148 Å². The van der Waals surface area contributed by atoms with E-state index in [1.165, 1.54) is 4.90 Å². The molecule has 0 aliphatic rings. The minimum atomic E-state index is -1.04. The van der Waals surface area contributed by atoms with Crippen molar-refractivity contribution in [2.24, 2.45) is 0 Å². The molecule has 0 saturated heterocycles. The summed E-state index contributed by atoms with van der Waals surface area (Å²) in [6.07, 6.45) is 3.33. The van der Waals surface area contributed by atoms with E-state index in [1.54, 1.807) is 0 Å². The second-order valence-corrected chi connectivity index (χ2v) is 6.39. The van der Waals surface area contributed by atoms with Gasteiger partial charge in [-0.15, -0.1) is 0 Å². The van der Waals surface area contributed by atoms with Gasteiger partial charge in [0.1, 0.15) is 0 Å². The highest BCUT2D eigenvalue weighted by atomic mass is 16.4. The first-order valence-corrected chi connectivity index (χ1v) is 8.45. The summed E-state index contributed by atoms with van der Waals surface area (Å²) in [6.45, 7) is 2.11. The third kappa shape index (κ3) is 15.6. The number of rotatable bonds is 16. The van der Waals surface area contributed by atoms with E-state index < -0.39 is 17.9 Å². The zero-order valence-electron chi connectivity index (χ0n) is 15.2. The summed E-state index contributed by atoms with van der Waals surface area (Å²) in [7, 11) is 3.89. The number of unbranched alkanes of at least 4 members (excludes halogenated alkanes) is 3. The zero-order chi connectivity index (χ0) is 19.2. The molecule has 0 bridgehead atoms. The summed E-state index contributed by atoms with van der Waals surface area (Å²) in [5.74, 6) is -2.91. The third-order valence-electron chi connectivity index (χ3n) is 3.64. The van der Waals surface area contributed by atoms with Crippen molar-refractivity contribution in [2.45, 2.75) is 25.7 Å². The van der Waals surface area contributed by atoms with Gasteiger partial charge in [-0.2, -0.15) is 0 Å². The highest BCUT2D eigenvalue weighted by Gasteiger charge is 2.13. The number of nitrogens with zero attached hydrogens (tertiary/aromatic N) is 3. The topological polar surface area (TPSA) is 122 Å². The number of carboxylic acid groups (broad SMARTS) is 3. The van der Waals surface area contributed by atoms with Gasteiger partial charge in [0.15, 0.2) is 0 Å². The van der Waals surface area contributed by atoms with Gasteiger partial charge in [0, 0.05) is 13.1 Å². The van der Waals surface area contributed by atoms with Crippen molar-refractivity contribution >= 4 is 17.9 Å². The summed E-state index contributed by atoms with van der Waals surface area (Å²) in [5.41, 5.74) is 0. The molecule has 0 aromatic rings. The van der Waals surface area contributed by atoms with Gasteiger partial charge >= 0.3 is 17.9 Å². The average Bonchev–Trinajstić information content (AvgIpc) is 2.45. The van der Waals surface area contributed by atoms with Gasteiger partial charge in [0.2, 0.25) is 0 Å². The first-order valence-electron chi connectivity index (χ1n) is 8.45. The molecule has 0 aliphatic heterocycles. The molecule has 0 aliphatic carbocycles. The number of carboxylic acids is 3. The molecule has 146 valence electrons. The number of aliphatic carboxylic acids is 3. The lowest BCUT2D eigenvalue weighted by Crippen LogP contribution is -2.36. The molecule has 0 unspecified atom stereocenters. The fourth-order valence-corrected chi connectivity index (χ4v) is 2.42. The van der Waals surface area contributed by atoms with Gasteiger partial charge < -0.3 is 20.2 Å². The highest BCUT2D eigenvalue weighted by molar-refractivity contribution is 5.72. The van der Waals surface area contributed by atoms with Gasteiger partial charge in [-0.3, -0.25) is 24.2 Å². The van der Waals surface area contributed by atoms with Crippen LogP contribution in [0.15, 0.2) is 0 Å². The molecule has 9 nitrogen and oxygen atoms in total. The number of hydrogen-bond acceptors (Lipinski definition) is 6. The zero-order valence-corrected chi connectivity index (χ0v) is 15.2. The fraction of sp³-hybridized carbons (Fsp3) is 0.812. The lowest BCUT2D eigenvalue weighted by Gasteiger charge is -2.22. The van der Waals surface area contributed by atoms with Crippen molar-refractivity contribution in [3.63, 3.8) is 0 Å². The molecular weight excluding hydrogens is 330 g/mol. The van der Waals surface area contributed by atoms with Crippen molar-refractivity contribution in [2.75, 3.05) is 59.9 Å². The van der Waals surface area contributed by atoms with E-state index in [-0.39, 0.29) is 19.6 Å². The molecule has 0 rings (SSSR count). The summed E-state index contributed by atoms with van der Waals surface area (Å²) in [6, 6.07) is 0. The quantitative estimate of drug-likeness (QED) is 0.325. The van der Waals surface area contributed by atoms with Crippen LogP contribution >= 0.6 is 0 Å². The normalized spacial score (nSPS) is 11.4. The molecular formula is C16H31N3O6. The van der Waals surface area contributed by atoms with Crippen molar-refractivity contribution in [3.05, 3.63) is 0 Å². The number of likely N-dealkylation sites (N-methyl/N-ethyl adjacent to an activating group) is 1. The summed E-state index contributed by atoms with van der Waals surface area (Å²) >= 11 is 0. The average molecular weight is 361 g/mol. The Kier molecular flexibility index (Phi) is 12.6. The SMILES string of the molecule is CN(C)CCN(CCCCCCN(CC(=O)O)CC(=O)O)CC(=O)O. The minimum Gasteiger partial charge on any atom is -0.480 e. The van der Waals surface area contributed by atoms with Crippen molar-refractivity contribution < 1.29 is 29.7 Å². The van der Waals surface area contributed by atoms with Crippen molar-refractivity contribution in [1.29, 1.82) is 0 Å². The minimum absolute atomic E-state index is 0.0266. The maximum absolute atomic E-state index is 10.9. The Morgan fingerprint density at radius 2 is 1.00 bits per heavy atom. The molecule has 0 aromatic carbocycles. The number of carbonyl (C=O) groups is 3. The maximum atomic E-state index is 10.9. The van der Waals surface area contributed by atoms with Gasteiger partial charge in [-0.1, -0.05) is 12.8 Å². The summed E-state index contributed by atoms with van der Waals surface area (Å²) in [5, 5.41) is 26.5. The van der Waals surface area contributed by atoms with Crippen LogP contribution in [0.25, 0.3) is 0 Å². The standard InChI is InChI=1S/C16H31N3O6/c1-17(2)9-10-18(11-14(20)21)7-5-3-4-6-8-19(12-15(22)23)13-16(24)25/h3-13H2,1-2H3,(H,20,21)(H,22,23)(H,24,25). The van der Waals surface area contributed by atoms with E-state index in [2.05, 4.69) is 0 Å². The van der Waals surface area contributed by atoms with E-state index in [4.69, 9.17) is 15.3 Å². The lowest BCUT2D eigenvalue weighted by atomic mass is 10.1. The molecule has 0 saturated carbocycles. The van der Waals surface area contributed by atoms with E-state index in [9.17, 15) is 14.4 Å². The molecule has 25 heavy (non-hydrogen) atoms. The van der Waals surface area contributed by atoms with Crippen molar-refractivity contribution in [3.8, 4) is 0 Å². The molecule has 0 amide bonds. The van der Waals surface area contributed by atoms with Crippen LogP contribution in [0.1, 0.15) is 25.7 Å². The van der Waals surface area contributed by atoms with Crippen LogP contribution in [-0.2, 0) is 14.4 Å². The van der Waals surface area contributed by atoms with E-state index in [1.807, 2.05) is 23.9 Å². The highest BCUT2D eigenvalue weighted by Crippen LogP contribution is 2.04. The second-order valence-electron chi connectivity index (χ2n) is 6.39. The van der Waals surface area contributed by atoms with Crippen LogP contribution in [0.2, 0.25) is 0 Å². The molecule has 9 heteroatoms. The fourth-order valence-electron chi connectivity index (χ4n) is 2.42. The predicted octanol–water partition coefficient (Wildman–Crippen LogP) is -0.0338. The van der Waals surface area contributed by atoms with Crippen molar-refractivity contribution in [1.82, 2.24) is 14.7 Å². The summed E-state index contributed by atoms with van der Waals surface area (Å²) in [4.78, 5) is 37.6. The first kappa shape index (κ1) is 23.3. The Balaban J connectivity index is 3.99. The van der Waals surface area contributed by atoms with Crippen LogP contribution in [0.5, 0.6) is 0 Å². The number of hydrogen-bond donors (Lipinski definition) is 3. The van der Waals surface area contributed by atoms with Crippen LogP contribution < -0.4 is 0 Å². The predicted molar refractivity (Wildman–Crippen MR) is 92.8 cm³/mol. The Morgan fingerprint density at radius 1 is 0.600 bits per heavy atom. The second kappa shape index (κ2) is 13.6. The molecule has 0 heterocycles. The molecule has 0 radical (unpaired) electrons. The third-order valence-corrected chi connectivity index (χ3v) is 3.64. The van der Waals surface area contributed by atoms with Crippen LogP contribution in [-0.4, -0.2) is 108 Å². The van der Waals surface area contributed by atoms with Crippen LogP contribution in [0, 0.1) is 0 Å².